The number of nitrogens with zero attached hydrogens (tertiary/aromatic N) is 2. The summed E-state index contributed by atoms with van der Waals surface area (Å²) in [5.74, 6) is -0.715. The lowest BCUT2D eigenvalue weighted by molar-refractivity contribution is 0.0944. The number of hydrogen-bond acceptors (Lipinski definition) is 5. The third kappa shape index (κ3) is 3.47. The Labute approximate surface area is 145 Å². The molecule has 0 spiro atoms. The summed E-state index contributed by atoms with van der Waals surface area (Å²) in [6.07, 6.45) is 0.886. The van der Waals surface area contributed by atoms with Gasteiger partial charge in [-0.2, -0.15) is 0 Å². The normalized spacial score (nSPS) is 11.3. The number of benzene rings is 1. The van der Waals surface area contributed by atoms with E-state index in [1.54, 1.807) is 18.2 Å². The van der Waals surface area contributed by atoms with Gasteiger partial charge < -0.3 is 4.57 Å². The van der Waals surface area contributed by atoms with Crippen LogP contribution in [0.15, 0.2) is 49.4 Å². The maximum atomic E-state index is 12.2. The van der Waals surface area contributed by atoms with E-state index in [1.807, 2.05) is 10.3 Å². The molecule has 128 valence electrons. The molecule has 0 aliphatic rings. The van der Waals surface area contributed by atoms with Crippen LogP contribution in [-0.2, 0) is 24.1 Å². The fourth-order valence-electron chi connectivity index (χ4n) is 1.84. The van der Waals surface area contributed by atoms with Gasteiger partial charge in [-0.05, 0) is 28.1 Å². The molecule has 24 heavy (non-hydrogen) atoms. The van der Waals surface area contributed by atoms with Crippen molar-refractivity contribution in [1.82, 2.24) is 19.4 Å². The average molecular weight is 417 g/mol. The van der Waals surface area contributed by atoms with Gasteiger partial charge in [0.2, 0.25) is 0 Å². The summed E-state index contributed by atoms with van der Waals surface area (Å²) in [6.45, 7) is 0. The fourth-order valence-corrected chi connectivity index (χ4v) is 3.31. The smallest absolute Gasteiger partial charge is 0.302 e. The second-order valence-corrected chi connectivity index (χ2v) is 7.30. The van der Waals surface area contributed by atoms with Gasteiger partial charge in [-0.25, -0.2) is 13.2 Å². The summed E-state index contributed by atoms with van der Waals surface area (Å²) in [7, 11) is -1.90. The monoisotopic (exact) mass is 416 g/mol. The quantitative estimate of drug-likeness (QED) is 0.649. The predicted molar refractivity (Wildman–Crippen MR) is 88.9 cm³/mol. The number of amides is 1. The van der Waals surface area contributed by atoms with Crippen molar-refractivity contribution >= 4 is 31.9 Å². The van der Waals surface area contributed by atoms with Crippen molar-refractivity contribution in [3.8, 4) is 0 Å². The number of hydrazine groups is 1. The SMILES string of the molecule is Cn1cc(S(=O)(=O)NNC(=O)c2ccccc2Br)c(=O)n(C)c1=O. The number of aromatic nitrogens is 2. The molecule has 9 nitrogen and oxygen atoms in total. The maximum Gasteiger partial charge on any atom is 0.330 e. The first-order chi connectivity index (χ1) is 11.1. The molecule has 0 fully saturated rings. The molecule has 0 unspecified atom stereocenters. The van der Waals surface area contributed by atoms with Crippen LogP contribution in [0, 0.1) is 0 Å². The summed E-state index contributed by atoms with van der Waals surface area (Å²) in [5.41, 5.74) is 0.550. The number of rotatable bonds is 4. The highest BCUT2D eigenvalue weighted by Gasteiger charge is 2.22. The minimum atomic E-state index is -4.36. The molecule has 2 N–H and O–H groups in total. The Morgan fingerprint density at radius 3 is 2.42 bits per heavy atom. The molecule has 0 aliphatic carbocycles. The number of hydrogen-bond donors (Lipinski definition) is 2. The molecule has 1 aromatic heterocycles. The van der Waals surface area contributed by atoms with Gasteiger partial charge >= 0.3 is 5.69 Å². The van der Waals surface area contributed by atoms with Crippen LogP contribution in [0.4, 0.5) is 0 Å². The van der Waals surface area contributed by atoms with E-state index in [0.717, 1.165) is 17.8 Å². The lowest BCUT2D eigenvalue weighted by Gasteiger charge is -2.10. The molecule has 0 bridgehead atoms. The molecule has 0 aliphatic heterocycles. The number of sulfonamides is 1. The molecule has 0 atom stereocenters. The molecule has 1 heterocycles. The first-order valence-electron chi connectivity index (χ1n) is 6.48. The van der Waals surface area contributed by atoms with Gasteiger partial charge in [-0.15, -0.1) is 4.83 Å². The molecule has 0 saturated carbocycles. The number of nitrogens with one attached hydrogen (secondary N) is 2. The lowest BCUT2D eigenvalue weighted by atomic mass is 10.2. The van der Waals surface area contributed by atoms with Crippen molar-refractivity contribution < 1.29 is 13.2 Å². The molecular weight excluding hydrogens is 404 g/mol. The zero-order valence-corrected chi connectivity index (χ0v) is 15.0. The maximum absolute atomic E-state index is 12.2. The van der Waals surface area contributed by atoms with Crippen LogP contribution < -0.4 is 21.5 Å². The van der Waals surface area contributed by atoms with Crippen LogP contribution in [0.5, 0.6) is 0 Å². The van der Waals surface area contributed by atoms with Crippen LogP contribution in [-0.4, -0.2) is 23.5 Å². The minimum absolute atomic E-state index is 0.202. The van der Waals surface area contributed by atoms with E-state index in [9.17, 15) is 22.8 Å². The Balaban J connectivity index is 2.31. The predicted octanol–water partition coefficient (Wildman–Crippen LogP) is -0.530. The highest BCUT2D eigenvalue weighted by molar-refractivity contribution is 9.10. The topological polar surface area (TPSA) is 119 Å². The van der Waals surface area contributed by atoms with Gasteiger partial charge in [0.25, 0.3) is 21.5 Å². The Morgan fingerprint density at radius 1 is 1.17 bits per heavy atom. The Morgan fingerprint density at radius 2 is 1.79 bits per heavy atom. The van der Waals surface area contributed by atoms with E-state index in [2.05, 4.69) is 15.9 Å². The van der Waals surface area contributed by atoms with Crippen molar-refractivity contribution in [1.29, 1.82) is 0 Å². The first kappa shape index (κ1) is 18.1. The van der Waals surface area contributed by atoms with Crippen molar-refractivity contribution in [2.75, 3.05) is 0 Å². The third-order valence-corrected chi connectivity index (χ3v) is 5.04. The second-order valence-electron chi connectivity index (χ2n) is 4.79. The minimum Gasteiger partial charge on any atom is -0.302 e. The van der Waals surface area contributed by atoms with E-state index in [4.69, 9.17) is 0 Å². The molecule has 1 amide bonds. The zero-order chi connectivity index (χ0) is 18.1. The summed E-state index contributed by atoms with van der Waals surface area (Å²) in [6, 6.07) is 6.40. The van der Waals surface area contributed by atoms with Crippen LogP contribution in [0.2, 0.25) is 0 Å². The van der Waals surface area contributed by atoms with Crippen LogP contribution >= 0.6 is 15.9 Å². The van der Waals surface area contributed by atoms with Crippen molar-refractivity contribution in [3.05, 3.63) is 61.3 Å². The summed E-state index contributed by atoms with van der Waals surface area (Å²) >= 11 is 3.17. The molecule has 0 radical (unpaired) electrons. The van der Waals surface area contributed by atoms with E-state index in [1.165, 1.54) is 13.1 Å². The Bertz CT molecular complexity index is 1030. The zero-order valence-electron chi connectivity index (χ0n) is 12.6. The summed E-state index contributed by atoms with van der Waals surface area (Å²) < 4.78 is 26.5. The molecule has 11 heteroatoms. The highest BCUT2D eigenvalue weighted by Crippen LogP contribution is 2.15. The van der Waals surface area contributed by atoms with Crippen LogP contribution in [0.25, 0.3) is 0 Å². The Kier molecular flexibility index (Phi) is 5.06. The van der Waals surface area contributed by atoms with Crippen molar-refractivity contribution in [3.63, 3.8) is 0 Å². The Hall–Kier alpha value is -2.24. The molecule has 0 saturated heterocycles. The summed E-state index contributed by atoms with van der Waals surface area (Å²) in [4.78, 5) is 36.7. The van der Waals surface area contributed by atoms with Gasteiger partial charge in [0, 0.05) is 24.8 Å². The van der Waals surface area contributed by atoms with E-state index >= 15 is 0 Å². The van der Waals surface area contributed by atoms with Gasteiger partial charge in [-0.1, -0.05) is 12.1 Å². The van der Waals surface area contributed by atoms with Crippen molar-refractivity contribution in [2.24, 2.45) is 14.1 Å². The average Bonchev–Trinajstić information content (AvgIpc) is 2.54. The largest absolute Gasteiger partial charge is 0.330 e. The number of halogens is 1. The van der Waals surface area contributed by atoms with Crippen molar-refractivity contribution in [2.45, 2.75) is 4.90 Å². The van der Waals surface area contributed by atoms with E-state index < -0.39 is 32.1 Å². The molecule has 2 rings (SSSR count). The number of carbonyl (C=O) groups is 1. The van der Waals surface area contributed by atoms with Gasteiger partial charge in [0.15, 0.2) is 4.90 Å². The van der Waals surface area contributed by atoms with Crippen LogP contribution in [0.3, 0.4) is 0 Å². The number of carbonyl (C=O) groups excluding carboxylic acids is 1. The standard InChI is InChI=1S/C13H13BrN4O5S/c1-17-7-10(12(20)18(2)13(17)21)24(22,23)16-15-11(19)8-5-3-4-6-9(8)14/h3-7,16H,1-2H3,(H,15,19). The second kappa shape index (κ2) is 6.71. The van der Waals surface area contributed by atoms with Crippen LogP contribution in [0.1, 0.15) is 10.4 Å². The highest BCUT2D eigenvalue weighted by atomic mass is 79.9. The molecule has 2 aromatic rings. The third-order valence-electron chi connectivity index (χ3n) is 3.12. The lowest BCUT2D eigenvalue weighted by Crippen LogP contribution is -2.46. The summed E-state index contributed by atoms with van der Waals surface area (Å²) in [5, 5.41) is 0. The van der Waals surface area contributed by atoms with Gasteiger partial charge in [0.1, 0.15) is 0 Å². The van der Waals surface area contributed by atoms with E-state index in [0.29, 0.717) is 9.04 Å². The number of aryl methyl sites for hydroxylation is 1. The molecule has 1 aromatic carbocycles. The van der Waals surface area contributed by atoms with Gasteiger partial charge in [0.05, 0.1) is 5.56 Å². The first-order valence-corrected chi connectivity index (χ1v) is 8.76. The fraction of sp³-hybridized carbons (Fsp3) is 0.154. The van der Waals surface area contributed by atoms with E-state index in [-0.39, 0.29) is 5.56 Å². The van der Waals surface area contributed by atoms with Gasteiger partial charge in [-0.3, -0.25) is 19.6 Å². The molecular formula is C13H13BrN4O5S.